The number of nitrogens with zero attached hydrogens (tertiary/aromatic N) is 2. The predicted molar refractivity (Wildman–Crippen MR) is 137 cm³/mol. The van der Waals surface area contributed by atoms with E-state index in [0.717, 1.165) is 18.3 Å². The van der Waals surface area contributed by atoms with Gasteiger partial charge in [-0.1, -0.05) is 19.9 Å². The Balaban J connectivity index is 1.49. The van der Waals surface area contributed by atoms with Gasteiger partial charge >= 0.3 is 0 Å². The van der Waals surface area contributed by atoms with Gasteiger partial charge in [-0.05, 0) is 88.5 Å². The second-order valence-corrected chi connectivity index (χ2v) is 11.9. The number of hydrogen-bond donors (Lipinski definition) is 3. The number of carbonyl (C=O) groups excluding carboxylic acids is 2. The summed E-state index contributed by atoms with van der Waals surface area (Å²) in [6.07, 6.45) is 12.2. The molecule has 4 saturated carbocycles. The Hall–Kier alpha value is -2.35. The van der Waals surface area contributed by atoms with Crippen LogP contribution in [0.5, 0.6) is 5.88 Å². The van der Waals surface area contributed by atoms with E-state index in [0.29, 0.717) is 48.9 Å². The van der Waals surface area contributed by atoms with Gasteiger partial charge in [-0.15, -0.1) is 0 Å². The number of carbonyl (C=O) groups is 2. The van der Waals surface area contributed by atoms with Crippen molar-refractivity contribution in [1.82, 2.24) is 20.4 Å². The highest BCUT2D eigenvalue weighted by Gasteiger charge is 2.48. The van der Waals surface area contributed by atoms with Gasteiger partial charge in [0.1, 0.15) is 5.56 Å². The first-order chi connectivity index (χ1) is 16.7. The van der Waals surface area contributed by atoms with Crippen LogP contribution < -0.4 is 21.1 Å². The molecule has 1 heterocycles. The first kappa shape index (κ1) is 25.7. The van der Waals surface area contributed by atoms with Gasteiger partial charge in [0, 0.05) is 18.8 Å². The van der Waals surface area contributed by atoms with Crippen LogP contribution in [-0.2, 0) is 4.79 Å². The second kappa shape index (κ2) is 10.7. The fourth-order valence-electron chi connectivity index (χ4n) is 6.26. The molecule has 0 atom stereocenters. The topological polar surface area (TPSA) is 111 Å². The van der Waals surface area contributed by atoms with E-state index in [9.17, 15) is 9.59 Å². The van der Waals surface area contributed by atoms with Crippen molar-refractivity contribution >= 4 is 18.0 Å². The SMILES string of the molecule is CC(C)COc1c(C(=O)NC2C3CC4CC(C3)CC2C4)cnn1/C=C/C(C)(C)C(=O)NCCCN. The molecule has 2 amide bonds. The molecule has 35 heavy (non-hydrogen) atoms. The summed E-state index contributed by atoms with van der Waals surface area (Å²) in [7, 11) is 0. The minimum absolute atomic E-state index is 0.0844. The van der Waals surface area contributed by atoms with Crippen molar-refractivity contribution in [3.63, 3.8) is 0 Å². The third-order valence-corrected chi connectivity index (χ3v) is 7.96. The highest BCUT2D eigenvalue weighted by molar-refractivity contribution is 5.96. The zero-order valence-electron chi connectivity index (χ0n) is 21.8. The fourth-order valence-corrected chi connectivity index (χ4v) is 6.26. The summed E-state index contributed by atoms with van der Waals surface area (Å²) in [6.45, 7) is 9.39. The molecule has 4 aliphatic rings. The summed E-state index contributed by atoms with van der Waals surface area (Å²) in [6, 6.07) is 0.253. The van der Waals surface area contributed by atoms with Crippen molar-refractivity contribution in [2.24, 2.45) is 40.7 Å². The van der Waals surface area contributed by atoms with Crippen LogP contribution in [0.3, 0.4) is 0 Å². The summed E-state index contributed by atoms with van der Waals surface area (Å²) < 4.78 is 7.65. The van der Waals surface area contributed by atoms with Gasteiger partial charge in [-0.25, -0.2) is 4.68 Å². The molecule has 0 saturated heterocycles. The molecule has 4 N–H and O–H groups in total. The normalized spacial score (nSPS) is 27.5. The van der Waals surface area contributed by atoms with Crippen LogP contribution >= 0.6 is 0 Å². The first-order valence-corrected chi connectivity index (χ1v) is 13.4. The molecule has 1 aromatic heterocycles. The van der Waals surface area contributed by atoms with Gasteiger partial charge in [0.05, 0.1) is 18.2 Å². The number of hydrogen-bond acceptors (Lipinski definition) is 5. The number of rotatable bonds is 11. The molecule has 4 bridgehead atoms. The predicted octanol–water partition coefficient (Wildman–Crippen LogP) is 3.43. The van der Waals surface area contributed by atoms with Crippen molar-refractivity contribution in [2.75, 3.05) is 19.7 Å². The lowest BCUT2D eigenvalue weighted by Gasteiger charge is -2.54. The maximum Gasteiger partial charge on any atom is 0.258 e. The molecule has 5 rings (SSSR count). The van der Waals surface area contributed by atoms with Gasteiger partial charge in [0.25, 0.3) is 5.91 Å². The maximum atomic E-state index is 13.4. The Labute approximate surface area is 209 Å². The van der Waals surface area contributed by atoms with Crippen molar-refractivity contribution in [3.8, 4) is 5.88 Å². The summed E-state index contributed by atoms with van der Waals surface area (Å²) in [5.41, 5.74) is 5.22. The van der Waals surface area contributed by atoms with E-state index in [2.05, 4.69) is 29.6 Å². The molecular weight excluding hydrogens is 442 g/mol. The Bertz CT molecular complexity index is 907. The summed E-state index contributed by atoms with van der Waals surface area (Å²) in [4.78, 5) is 26.0. The smallest absolute Gasteiger partial charge is 0.258 e. The molecule has 8 nitrogen and oxygen atoms in total. The van der Waals surface area contributed by atoms with Crippen LogP contribution in [0.2, 0.25) is 0 Å². The molecular formula is C27H43N5O3. The van der Waals surface area contributed by atoms with Gasteiger partial charge in [0.2, 0.25) is 11.8 Å². The van der Waals surface area contributed by atoms with E-state index in [-0.39, 0.29) is 17.9 Å². The minimum atomic E-state index is -0.751. The molecule has 194 valence electrons. The number of amides is 2. The quantitative estimate of drug-likeness (QED) is 0.416. The van der Waals surface area contributed by atoms with Gasteiger partial charge in [-0.2, -0.15) is 5.10 Å². The zero-order chi connectivity index (χ0) is 25.2. The Morgan fingerprint density at radius 2 is 1.86 bits per heavy atom. The molecule has 8 heteroatoms. The van der Waals surface area contributed by atoms with Crippen molar-refractivity contribution < 1.29 is 14.3 Å². The lowest BCUT2D eigenvalue weighted by molar-refractivity contribution is -0.127. The Morgan fingerprint density at radius 1 is 1.20 bits per heavy atom. The minimum Gasteiger partial charge on any atom is -0.477 e. The van der Waals surface area contributed by atoms with E-state index in [1.54, 1.807) is 23.2 Å². The highest BCUT2D eigenvalue weighted by Crippen LogP contribution is 2.53. The summed E-state index contributed by atoms with van der Waals surface area (Å²) in [5, 5.41) is 10.7. The van der Waals surface area contributed by atoms with Crippen LogP contribution in [0, 0.1) is 35.0 Å². The molecule has 1 aromatic rings. The largest absolute Gasteiger partial charge is 0.477 e. The van der Waals surface area contributed by atoms with E-state index in [1.807, 2.05) is 13.8 Å². The third kappa shape index (κ3) is 5.90. The molecule has 0 aliphatic heterocycles. The first-order valence-electron chi connectivity index (χ1n) is 13.4. The van der Waals surface area contributed by atoms with E-state index >= 15 is 0 Å². The zero-order valence-corrected chi connectivity index (χ0v) is 21.8. The molecule has 4 fully saturated rings. The average Bonchev–Trinajstić information content (AvgIpc) is 3.21. The van der Waals surface area contributed by atoms with Gasteiger partial charge in [-0.3, -0.25) is 9.59 Å². The summed E-state index contributed by atoms with van der Waals surface area (Å²) in [5.74, 6) is 3.45. The average molecular weight is 486 g/mol. The van der Waals surface area contributed by atoms with E-state index < -0.39 is 5.41 Å². The number of nitrogens with two attached hydrogens (primary N) is 1. The lowest BCUT2D eigenvalue weighted by atomic mass is 9.54. The van der Waals surface area contributed by atoms with Crippen LogP contribution in [0.15, 0.2) is 12.3 Å². The number of ether oxygens (including phenoxy) is 1. The van der Waals surface area contributed by atoms with Crippen LogP contribution in [0.1, 0.15) is 76.6 Å². The Morgan fingerprint density at radius 3 is 2.46 bits per heavy atom. The van der Waals surface area contributed by atoms with E-state index in [1.165, 1.54) is 32.1 Å². The second-order valence-electron chi connectivity index (χ2n) is 11.9. The molecule has 0 unspecified atom stereocenters. The standard InChI is InChI=1S/C27H43N5O3/c1-17(2)16-35-25-22(15-30-32(25)9-6-27(3,4)26(34)29-8-5-7-28)24(33)31-23-20-11-18-10-19(13-20)14-21(23)12-18/h6,9,15,17-21,23H,5,7-8,10-14,16,28H2,1-4H3,(H,29,34)(H,31,33)/b9-6+. The van der Waals surface area contributed by atoms with Crippen molar-refractivity contribution in [2.45, 2.75) is 72.3 Å². The fraction of sp³-hybridized carbons (Fsp3) is 0.741. The maximum absolute atomic E-state index is 13.4. The monoisotopic (exact) mass is 485 g/mol. The van der Waals surface area contributed by atoms with Crippen molar-refractivity contribution in [1.29, 1.82) is 0 Å². The molecule has 0 radical (unpaired) electrons. The van der Waals surface area contributed by atoms with Crippen LogP contribution in [0.4, 0.5) is 0 Å². The van der Waals surface area contributed by atoms with Gasteiger partial charge < -0.3 is 21.1 Å². The number of aromatic nitrogens is 2. The Kier molecular flexibility index (Phi) is 7.89. The van der Waals surface area contributed by atoms with Crippen molar-refractivity contribution in [3.05, 3.63) is 17.8 Å². The highest BCUT2D eigenvalue weighted by atomic mass is 16.5. The summed E-state index contributed by atoms with van der Waals surface area (Å²) >= 11 is 0. The number of nitrogens with one attached hydrogen (secondary N) is 2. The molecule has 0 spiro atoms. The lowest BCUT2D eigenvalue weighted by Crippen LogP contribution is -2.55. The van der Waals surface area contributed by atoms with Crippen LogP contribution in [-0.4, -0.2) is 47.3 Å². The van der Waals surface area contributed by atoms with E-state index in [4.69, 9.17) is 10.5 Å². The molecule has 4 aliphatic carbocycles. The third-order valence-electron chi connectivity index (χ3n) is 7.96. The van der Waals surface area contributed by atoms with Crippen LogP contribution in [0.25, 0.3) is 6.20 Å². The van der Waals surface area contributed by atoms with Gasteiger partial charge in [0.15, 0.2) is 0 Å². The molecule has 0 aromatic carbocycles.